The van der Waals surface area contributed by atoms with Crippen LogP contribution in [0.1, 0.15) is 56.6 Å². The van der Waals surface area contributed by atoms with Crippen LogP contribution < -0.4 is 5.32 Å². The second-order valence-corrected chi connectivity index (χ2v) is 6.81. The van der Waals surface area contributed by atoms with Gasteiger partial charge in [0.05, 0.1) is 0 Å². The number of fused-ring (bicyclic) bond motifs is 1. The van der Waals surface area contributed by atoms with Gasteiger partial charge in [0, 0.05) is 17.0 Å². The molecule has 1 atom stereocenters. The molecule has 1 aromatic carbocycles. The molecule has 1 aromatic rings. The van der Waals surface area contributed by atoms with Crippen molar-refractivity contribution >= 4 is 11.8 Å². The van der Waals surface area contributed by atoms with Crippen LogP contribution in [0.25, 0.3) is 0 Å². The van der Waals surface area contributed by atoms with Gasteiger partial charge in [-0.2, -0.15) is 0 Å². The van der Waals surface area contributed by atoms with Crippen LogP contribution in [0.2, 0.25) is 0 Å². The van der Waals surface area contributed by atoms with Gasteiger partial charge in [0.1, 0.15) is 5.82 Å². The zero-order valence-corrected chi connectivity index (χ0v) is 12.1. The standard InChI is InChI=1S/C16H22FNS/c17-14-9-5-8-13-15(10-11-19-16(13)14)18-12-6-3-1-2-4-7-12/h5,8-9,12,15,18H,1-4,6-7,10-11H2. The van der Waals surface area contributed by atoms with Crippen molar-refractivity contribution < 1.29 is 4.39 Å². The Labute approximate surface area is 119 Å². The van der Waals surface area contributed by atoms with Crippen molar-refractivity contribution in [2.24, 2.45) is 0 Å². The fourth-order valence-corrected chi connectivity index (χ4v) is 4.43. The van der Waals surface area contributed by atoms with Crippen LogP contribution in [0, 0.1) is 5.82 Å². The molecule has 0 amide bonds. The fraction of sp³-hybridized carbons (Fsp3) is 0.625. The van der Waals surface area contributed by atoms with Gasteiger partial charge in [0.2, 0.25) is 0 Å². The van der Waals surface area contributed by atoms with Gasteiger partial charge in [0.15, 0.2) is 0 Å². The number of rotatable bonds is 2. The summed E-state index contributed by atoms with van der Waals surface area (Å²) in [7, 11) is 0. The van der Waals surface area contributed by atoms with Gasteiger partial charge < -0.3 is 5.32 Å². The van der Waals surface area contributed by atoms with Gasteiger partial charge in [-0.05, 0) is 36.6 Å². The van der Waals surface area contributed by atoms with Crippen LogP contribution >= 0.6 is 11.8 Å². The third-order valence-corrected chi connectivity index (χ3v) is 5.48. The molecule has 104 valence electrons. The van der Waals surface area contributed by atoms with E-state index in [2.05, 4.69) is 11.4 Å². The highest BCUT2D eigenvalue weighted by Gasteiger charge is 2.25. The molecule has 1 nitrogen and oxygen atoms in total. The molecular formula is C16H22FNS. The predicted molar refractivity (Wildman–Crippen MR) is 79.1 cm³/mol. The average Bonchev–Trinajstić information content (AvgIpc) is 2.69. The molecule has 0 spiro atoms. The molecule has 0 radical (unpaired) electrons. The van der Waals surface area contributed by atoms with Crippen molar-refractivity contribution in [3.63, 3.8) is 0 Å². The van der Waals surface area contributed by atoms with E-state index in [1.165, 1.54) is 44.1 Å². The molecule has 2 aliphatic rings. The molecular weight excluding hydrogens is 257 g/mol. The van der Waals surface area contributed by atoms with Gasteiger partial charge in [-0.3, -0.25) is 0 Å². The molecule has 1 fully saturated rings. The maximum atomic E-state index is 13.8. The zero-order valence-electron chi connectivity index (χ0n) is 11.3. The largest absolute Gasteiger partial charge is 0.307 e. The average molecular weight is 279 g/mol. The summed E-state index contributed by atoms with van der Waals surface area (Å²) in [5, 5.41) is 3.80. The molecule has 0 aromatic heterocycles. The van der Waals surface area contributed by atoms with Crippen LogP contribution in [-0.4, -0.2) is 11.8 Å². The lowest BCUT2D eigenvalue weighted by Crippen LogP contribution is -2.34. The van der Waals surface area contributed by atoms with Crippen molar-refractivity contribution in [2.45, 2.75) is 61.9 Å². The molecule has 0 bridgehead atoms. The topological polar surface area (TPSA) is 12.0 Å². The molecule has 0 saturated heterocycles. The van der Waals surface area contributed by atoms with E-state index < -0.39 is 0 Å². The summed E-state index contributed by atoms with van der Waals surface area (Å²) in [4.78, 5) is 0.875. The Morgan fingerprint density at radius 3 is 2.63 bits per heavy atom. The summed E-state index contributed by atoms with van der Waals surface area (Å²) < 4.78 is 13.8. The summed E-state index contributed by atoms with van der Waals surface area (Å²) in [6.07, 6.45) is 9.14. The highest BCUT2D eigenvalue weighted by atomic mass is 32.2. The maximum absolute atomic E-state index is 13.8. The van der Waals surface area contributed by atoms with E-state index in [1.54, 1.807) is 17.8 Å². The second kappa shape index (κ2) is 6.27. The van der Waals surface area contributed by atoms with Crippen molar-refractivity contribution in [3.8, 4) is 0 Å². The monoisotopic (exact) mass is 279 g/mol. The SMILES string of the molecule is Fc1cccc2c1SCCC2NC1CCCCCC1. The fourth-order valence-electron chi connectivity index (χ4n) is 3.29. The van der Waals surface area contributed by atoms with E-state index in [0.717, 1.165) is 17.1 Å². The minimum atomic E-state index is -0.0464. The highest BCUT2D eigenvalue weighted by Crippen LogP contribution is 2.38. The third-order valence-electron chi connectivity index (χ3n) is 4.32. The maximum Gasteiger partial charge on any atom is 0.137 e. The Hall–Kier alpha value is -0.540. The Bertz CT molecular complexity index is 427. The van der Waals surface area contributed by atoms with Crippen LogP contribution in [0.15, 0.2) is 23.1 Å². The second-order valence-electron chi connectivity index (χ2n) is 5.70. The lowest BCUT2D eigenvalue weighted by molar-refractivity contribution is 0.385. The smallest absolute Gasteiger partial charge is 0.137 e. The van der Waals surface area contributed by atoms with Gasteiger partial charge in [-0.15, -0.1) is 11.8 Å². The van der Waals surface area contributed by atoms with Crippen LogP contribution in [0.4, 0.5) is 4.39 Å². The van der Waals surface area contributed by atoms with Crippen molar-refractivity contribution in [1.82, 2.24) is 5.32 Å². The predicted octanol–water partition coefficient (Wildman–Crippen LogP) is 4.68. The van der Waals surface area contributed by atoms with Gasteiger partial charge >= 0.3 is 0 Å². The summed E-state index contributed by atoms with van der Waals surface area (Å²) >= 11 is 1.67. The first kappa shape index (κ1) is 13.4. The van der Waals surface area contributed by atoms with E-state index in [0.29, 0.717) is 12.1 Å². The van der Waals surface area contributed by atoms with E-state index in [4.69, 9.17) is 0 Å². The molecule has 1 saturated carbocycles. The molecule has 1 N–H and O–H groups in total. The molecule has 1 heterocycles. The molecule has 1 unspecified atom stereocenters. The summed E-state index contributed by atoms with van der Waals surface area (Å²) in [5.74, 6) is 0.980. The van der Waals surface area contributed by atoms with Crippen LogP contribution in [0.3, 0.4) is 0 Å². The summed E-state index contributed by atoms with van der Waals surface area (Å²) in [5.41, 5.74) is 1.18. The number of benzene rings is 1. The van der Waals surface area contributed by atoms with Crippen molar-refractivity contribution in [3.05, 3.63) is 29.6 Å². The first-order valence-corrected chi connectivity index (χ1v) is 8.50. The highest BCUT2D eigenvalue weighted by molar-refractivity contribution is 7.99. The Morgan fingerprint density at radius 1 is 1.05 bits per heavy atom. The minimum absolute atomic E-state index is 0.0464. The number of hydrogen-bond donors (Lipinski definition) is 1. The van der Waals surface area contributed by atoms with Gasteiger partial charge in [0.25, 0.3) is 0 Å². The quantitative estimate of drug-likeness (QED) is 0.789. The first-order chi connectivity index (χ1) is 9.34. The number of nitrogens with one attached hydrogen (secondary N) is 1. The number of thioether (sulfide) groups is 1. The minimum Gasteiger partial charge on any atom is -0.307 e. The molecule has 1 aliphatic heterocycles. The van der Waals surface area contributed by atoms with Crippen LogP contribution in [0.5, 0.6) is 0 Å². The molecule has 3 rings (SSSR count). The molecule has 3 heteroatoms. The van der Waals surface area contributed by atoms with E-state index in [-0.39, 0.29) is 5.82 Å². The first-order valence-electron chi connectivity index (χ1n) is 7.52. The van der Waals surface area contributed by atoms with Crippen molar-refractivity contribution in [1.29, 1.82) is 0 Å². The molecule has 1 aliphatic carbocycles. The number of halogens is 1. The third kappa shape index (κ3) is 3.14. The Balaban J connectivity index is 1.74. The van der Waals surface area contributed by atoms with E-state index in [9.17, 15) is 4.39 Å². The summed E-state index contributed by atoms with van der Waals surface area (Å²) in [6.45, 7) is 0. The normalized spacial score (nSPS) is 24.8. The summed E-state index contributed by atoms with van der Waals surface area (Å²) in [6, 6.07) is 6.52. The zero-order chi connectivity index (χ0) is 13.1. The van der Waals surface area contributed by atoms with Crippen LogP contribution in [-0.2, 0) is 0 Å². The lowest BCUT2D eigenvalue weighted by atomic mass is 10.0. The molecule has 19 heavy (non-hydrogen) atoms. The Kier molecular flexibility index (Phi) is 4.44. The van der Waals surface area contributed by atoms with Gasteiger partial charge in [-0.25, -0.2) is 4.39 Å². The van der Waals surface area contributed by atoms with E-state index >= 15 is 0 Å². The number of hydrogen-bond acceptors (Lipinski definition) is 2. The Morgan fingerprint density at radius 2 is 1.84 bits per heavy atom. The van der Waals surface area contributed by atoms with Gasteiger partial charge in [-0.1, -0.05) is 37.8 Å². The lowest BCUT2D eigenvalue weighted by Gasteiger charge is -2.30. The van der Waals surface area contributed by atoms with E-state index in [1.807, 2.05) is 6.07 Å². The van der Waals surface area contributed by atoms with Crippen molar-refractivity contribution in [2.75, 3.05) is 5.75 Å².